The Morgan fingerprint density at radius 2 is 2.26 bits per heavy atom. The van der Waals surface area contributed by atoms with Gasteiger partial charge in [0, 0.05) is 13.1 Å². The molecule has 0 aliphatic rings. The van der Waals surface area contributed by atoms with Crippen LogP contribution in [0.3, 0.4) is 0 Å². The monoisotopic (exact) mass is 280 g/mol. The Hall–Kier alpha value is -1.89. The molecule has 0 radical (unpaired) electrons. The van der Waals surface area contributed by atoms with Crippen LogP contribution in [0.2, 0.25) is 0 Å². The number of rotatable bonds is 6. The lowest BCUT2D eigenvalue weighted by atomic mass is 10.3. The van der Waals surface area contributed by atoms with E-state index in [4.69, 9.17) is 0 Å². The summed E-state index contributed by atoms with van der Waals surface area (Å²) >= 11 is 1.56. The van der Waals surface area contributed by atoms with Gasteiger partial charge < -0.3 is 15.4 Å². The maximum absolute atomic E-state index is 11.1. The summed E-state index contributed by atoms with van der Waals surface area (Å²) < 4.78 is 4.60. The van der Waals surface area contributed by atoms with Crippen LogP contribution in [0, 0.1) is 0 Å². The Labute approximate surface area is 115 Å². The number of nitrogens with zero attached hydrogens (tertiary/aromatic N) is 2. The first-order chi connectivity index (χ1) is 9.24. The average molecular weight is 280 g/mol. The van der Waals surface area contributed by atoms with Crippen molar-refractivity contribution in [1.82, 2.24) is 9.97 Å². The topological polar surface area (TPSA) is 76.1 Å². The molecule has 2 N–H and O–H groups in total. The van der Waals surface area contributed by atoms with E-state index in [1.54, 1.807) is 11.3 Å². The van der Waals surface area contributed by atoms with Crippen LogP contribution in [0.15, 0.2) is 11.4 Å². The minimum atomic E-state index is -0.241. The standard InChI is InChI=1S/C12H16N4O2S/c1-3-13-12-15-10(14-6-4-9(17)18-2)8-5-7-19-11(8)16-12/h5,7H,3-4,6H2,1-2H3,(H2,13,14,15,16). The molecule has 2 aromatic heterocycles. The number of thiophene rings is 1. The average Bonchev–Trinajstić information content (AvgIpc) is 2.87. The number of methoxy groups -OCH3 is 1. The number of aromatic nitrogens is 2. The van der Waals surface area contributed by atoms with E-state index in [-0.39, 0.29) is 5.97 Å². The molecule has 2 aromatic rings. The van der Waals surface area contributed by atoms with Crippen molar-refractivity contribution >= 4 is 39.3 Å². The number of nitrogens with one attached hydrogen (secondary N) is 2. The van der Waals surface area contributed by atoms with Crippen LogP contribution < -0.4 is 10.6 Å². The van der Waals surface area contributed by atoms with Crippen molar-refractivity contribution in [2.75, 3.05) is 30.8 Å². The Morgan fingerprint density at radius 3 is 3.00 bits per heavy atom. The molecule has 0 aliphatic heterocycles. The molecule has 0 bridgehead atoms. The van der Waals surface area contributed by atoms with Gasteiger partial charge in [0.05, 0.1) is 18.9 Å². The van der Waals surface area contributed by atoms with Crippen molar-refractivity contribution in [3.8, 4) is 0 Å². The lowest BCUT2D eigenvalue weighted by molar-refractivity contribution is -0.140. The Balaban J connectivity index is 2.15. The molecule has 102 valence electrons. The van der Waals surface area contributed by atoms with E-state index in [9.17, 15) is 4.79 Å². The maximum Gasteiger partial charge on any atom is 0.307 e. The molecular weight excluding hydrogens is 264 g/mol. The third-order valence-electron chi connectivity index (χ3n) is 2.51. The molecule has 7 heteroatoms. The molecular formula is C12H16N4O2S. The molecule has 19 heavy (non-hydrogen) atoms. The number of hydrogen-bond donors (Lipinski definition) is 2. The quantitative estimate of drug-likeness (QED) is 0.789. The molecule has 0 aromatic carbocycles. The van der Waals surface area contributed by atoms with Crippen molar-refractivity contribution in [3.63, 3.8) is 0 Å². The van der Waals surface area contributed by atoms with Gasteiger partial charge in [-0.2, -0.15) is 4.98 Å². The fourth-order valence-electron chi connectivity index (χ4n) is 1.61. The molecule has 2 rings (SSSR count). The highest BCUT2D eigenvalue weighted by molar-refractivity contribution is 7.16. The van der Waals surface area contributed by atoms with Gasteiger partial charge in [-0.1, -0.05) is 0 Å². The minimum Gasteiger partial charge on any atom is -0.469 e. The third-order valence-corrected chi connectivity index (χ3v) is 3.32. The molecule has 0 atom stereocenters. The van der Waals surface area contributed by atoms with Crippen LogP contribution in [0.4, 0.5) is 11.8 Å². The van der Waals surface area contributed by atoms with E-state index < -0.39 is 0 Å². The second-order valence-corrected chi connectivity index (χ2v) is 4.71. The number of esters is 1. The number of ether oxygens (including phenoxy) is 1. The summed E-state index contributed by atoms with van der Waals surface area (Å²) in [4.78, 5) is 20.8. The SMILES string of the molecule is CCNc1nc(NCCC(=O)OC)c2ccsc2n1. The van der Waals surface area contributed by atoms with E-state index in [0.29, 0.717) is 18.9 Å². The lowest BCUT2D eigenvalue weighted by Gasteiger charge is -2.08. The fourth-order valence-corrected chi connectivity index (χ4v) is 2.38. The van der Waals surface area contributed by atoms with Gasteiger partial charge in [0.25, 0.3) is 0 Å². The first kappa shape index (κ1) is 13.5. The van der Waals surface area contributed by atoms with Gasteiger partial charge in [-0.3, -0.25) is 4.79 Å². The number of carbonyl (C=O) groups excluding carboxylic acids is 1. The normalized spacial score (nSPS) is 10.4. The summed E-state index contributed by atoms with van der Waals surface area (Å²) in [5, 5.41) is 9.19. The highest BCUT2D eigenvalue weighted by atomic mass is 32.1. The summed E-state index contributed by atoms with van der Waals surface area (Å²) in [6, 6.07) is 1.97. The van der Waals surface area contributed by atoms with Crippen molar-refractivity contribution in [3.05, 3.63) is 11.4 Å². The highest BCUT2D eigenvalue weighted by Gasteiger charge is 2.09. The first-order valence-corrected chi connectivity index (χ1v) is 6.92. The highest BCUT2D eigenvalue weighted by Crippen LogP contribution is 2.26. The van der Waals surface area contributed by atoms with Crippen LogP contribution in [-0.4, -0.2) is 36.1 Å². The molecule has 0 saturated heterocycles. The molecule has 0 amide bonds. The van der Waals surface area contributed by atoms with E-state index in [1.807, 2.05) is 18.4 Å². The van der Waals surface area contributed by atoms with Crippen LogP contribution in [-0.2, 0) is 9.53 Å². The predicted molar refractivity (Wildman–Crippen MR) is 76.7 cm³/mol. The molecule has 0 fully saturated rings. The van der Waals surface area contributed by atoms with Crippen molar-refractivity contribution < 1.29 is 9.53 Å². The van der Waals surface area contributed by atoms with Crippen molar-refractivity contribution in [2.45, 2.75) is 13.3 Å². The van der Waals surface area contributed by atoms with E-state index in [0.717, 1.165) is 22.6 Å². The number of carbonyl (C=O) groups is 1. The number of hydrogen-bond acceptors (Lipinski definition) is 7. The summed E-state index contributed by atoms with van der Waals surface area (Å²) in [5.74, 6) is 1.10. The second-order valence-electron chi connectivity index (χ2n) is 3.82. The largest absolute Gasteiger partial charge is 0.469 e. The van der Waals surface area contributed by atoms with Crippen molar-refractivity contribution in [2.24, 2.45) is 0 Å². The van der Waals surface area contributed by atoms with Gasteiger partial charge >= 0.3 is 5.97 Å². The molecule has 0 saturated carbocycles. The second kappa shape index (κ2) is 6.33. The van der Waals surface area contributed by atoms with E-state index in [2.05, 4.69) is 25.3 Å². The maximum atomic E-state index is 11.1. The molecule has 0 aliphatic carbocycles. The lowest BCUT2D eigenvalue weighted by Crippen LogP contribution is -2.12. The summed E-state index contributed by atoms with van der Waals surface area (Å²) in [6.07, 6.45) is 0.308. The molecule has 6 nitrogen and oxygen atoms in total. The van der Waals surface area contributed by atoms with Gasteiger partial charge in [0.2, 0.25) is 5.95 Å². The van der Waals surface area contributed by atoms with Crippen LogP contribution in [0.25, 0.3) is 10.2 Å². The van der Waals surface area contributed by atoms with E-state index in [1.165, 1.54) is 7.11 Å². The van der Waals surface area contributed by atoms with Gasteiger partial charge in [-0.05, 0) is 18.4 Å². The van der Waals surface area contributed by atoms with Crippen LogP contribution in [0.1, 0.15) is 13.3 Å². The smallest absolute Gasteiger partial charge is 0.307 e. The van der Waals surface area contributed by atoms with Gasteiger partial charge in [-0.15, -0.1) is 11.3 Å². The number of anilines is 2. The summed E-state index contributed by atoms with van der Waals surface area (Å²) in [6.45, 7) is 3.24. The summed E-state index contributed by atoms with van der Waals surface area (Å²) in [5.41, 5.74) is 0. The zero-order valence-electron chi connectivity index (χ0n) is 10.9. The zero-order valence-corrected chi connectivity index (χ0v) is 11.7. The Bertz CT molecular complexity index is 570. The first-order valence-electron chi connectivity index (χ1n) is 6.04. The van der Waals surface area contributed by atoms with Gasteiger partial charge in [0.1, 0.15) is 10.6 Å². The molecule has 0 unspecified atom stereocenters. The van der Waals surface area contributed by atoms with E-state index >= 15 is 0 Å². The Morgan fingerprint density at radius 1 is 1.42 bits per heavy atom. The van der Waals surface area contributed by atoms with Crippen LogP contribution in [0.5, 0.6) is 0 Å². The number of fused-ring (bicyclic) bond motifs is 1. The van der Waals surface area contributed by atoms with Crippen LogP contribution >= 0.6 is 11.3 Å². The van der Waals surface area contributed by atoms with Gasteiger partial charge in [0.15, 0.2) is 0 Å². The Kier molecular flexibility index (Phi) is 4.51. The van der Waals surface area contributed by atoms with Crippen molar-refractivity contribution in [1.29, 1.82) is 0 Å². The minimum absolute atomic E-state index is 0.241. The zero-order chi connectivity index (χ0) is 13.7. The third kappa shape index (κ3) is 3.31. The summed E-state index contributed by atoms with van der Waals surface area (Å²) in [7, 11) is 1.38. The molecule has 0 spiro atoms. The van der Waals surface area contributed by atoms with Gasteiger partial charge in [-0.25, -0.2) is 4.98 Å². The predicted octanol–water partition coefficient (Wildman–Crippen LogP) is 2.10. The molecule has 2 heterocycles. The fraction of sp³-hybridized carbons (Fsp3) is 0.417.